The topological polar surface area (TPSA) is 97.5 Å². The van der Waals surface area contributed by atoms with Gasteiger partial charge in [0.05, 0.1) is 7.11 Å². The van der Waals surface area contributed by atoms with E-state index in [-0.39, 0.29) is 6.42 Å². The van der Waals surface area contributed by atoms with E-state index >= 15 is 0 Å². The van der Waals surface area contributed by atoms with Crippen LogP contribution in [-0.4, -0.2) is 42.6 Å². The summed E-state index contributed by atoms with van der Waals surface area (Å²) in [4.78, 5) is 39.5. The van der Waals surface area contributed by atoms with E-state index in [2.05, 4.69) is 10.3 Å². The first-order valence-corrected chi connectivity index (χ1v) is 9.80. The number of para-hydroxylation sites is 1. The minimum absolute atomic E-state index is 0.240. The van der Waals surface area contributed by atoms with Crippen LogP contribution in [0.4, 0.5) is 0 Å². The molecule has 3 aromatic rings. The molecule has 0 spiro atoms. The molecule has 1 atom stereocenters. The average Bonchev–Trinajstić information content (AvgIpc) is 3.18. The molecule has 1 amide bonds. The molecule has 7 nitrogen and oxygen atoms in total. The number of aromatic amines is 1. The van der Waals surface area contributed by atoms with Crippen molar-refractivity contribution in [3.8, 4) is 0 Å². The summed E-state index contributed by atoms with van der Waals surface area (Å²) in [5.74, 6) is -1.82. The number of ether oxygens (including phenoxy) is 2. The van der Waals surface area contributed by atoms with Gasteiger partial charge in [-0.2, -0.15) is 0 Å². The fraction of sp³-hybridized carbons (Fsp3) is 0.208. The number of benzene rings is 2. The van der Waals surface area contributed by atoms with E-state index in [9.17, 15) is 14.4 Å². The number of rotatable bonds is 8. The summed E-state index contributed by atoms with van der Waals surface area (Å²) in [5.41, 5.74) is 3.72. The van der Waals surface area contributed by atoms with Crippen molar-refractivity contribution >= 4 is 34.8 Å². The maximum absolute atomic E-state index is 12.3. The van der Waals surface area contributed by atoms with Gasteiger partial charge in [0.2, 0.25) is 0 Å². The fourth-order valence-electron chi connectivity index (χ4n) is 3.21. The van der Waals surface area contributed by atoms with Crippen LogP contribution in [0.5, 0.6) is 0 Å². The van der Waals surface area contributed by atoms with Gasteiger partial charge in [0.15, 0.2) is 6.61 Å². The molecule has 0 bridgehead atoms. The normalized spacial score (nSPS) is 11.9. The molecule has 0 saturated carbocycles. The van der Waals surface area contributed by atoms with Crippen LogP contribution in [0, 0.1) is 6.92 Å². The predicted octanol–water partition coefficient (Wildman–Crippen LogP) is 2.93. The van der Waals surface area contributed by atoms with Gasteiger partial charge in [-0.15, -0.1) is 0 Å². The van der Waals surface area contributed by atoms with Gasteiger partial charge in [0, 0.05) is 29.6 Å². The molecular weight excluding hydrogens is 396 g/mol. The van der Waals surface area contributed by atoms with Crippen LogP contribution in [-0.2, 0) is 30.3 Å². The van der Waals surface area contributed by atoms with Gasteiger partial charge in [0.1, 0.15) is 6.04 Å². The molecule has 0 aliphatic rings. The van der Waals surface area contributed by atoms with Crippen LogP contribution in [0.2, 0.25) is 0 Å². The van der Waals surface area contributed by atoms with Crippen LogP contribution in [0.1, 0.15) is 16.7 Å². The Bertz CT molecular complexity index is 1120. The number of amides is 1. The van der Waals surface area contributed by atoms with Crippen LogP contribution < -0.4 is 5.32 Å². The van der Waals surface area contributed by atoms with E-state index < -0.39 is 30.5 Å². The zero-order chi connectivity index (χ0) is 22.2. The largest absolute Gasteiger partial charge is 0.467 e. The molecule has 0 aliphatic carbocycles. The van der Waals surface area contributed by atoms with Crippen LogP contribution >= 0.6 is 0 Å². The quantitative estimate of drug-likeness (QED) is 0.431. The van der Waals surface area contributed by atoms with Gasteiger partial charge in [-0.25, -0.2) is 9.59 Å². The van der Waals surface area contributed by atoms with E-state index in [1.165, 1.54) is 13.2 Å². The highest BCUT2D eigenvalue weighted by atomic mass is 16.5. The van der Waals surface area contributed by atoms with Gasteiger partial charge in [-0.05, 0) is 30.2 Å². The van der Waals surface area contributed by atoms with Crippen molar-refractivity contribution < 1.29 is 23.9 Å². The Labute approximate surface area is 180 Å². The summed E-state index contributed by atoms with van der Waals surface area (Å²) in [6, 6.07) is 14.4. The minimum atomic E-state index is -0.904. The second-order valence-electron chi connectivity index (χ2n) is 7.06. The van der Waals surface area contributed by atoms with Crippen molar-refractivity contribution in [1.82, 2.24) is 10.3 Å². The second-order valence-corrected chi connectivity index (χ2v) is 7.06. The SMILES string of the molecule is COC(=O)[C@H](Cc1c[nH]c2ccccc12)NC(=O)COC(=O)/C=C/c1cccc(C)c1. The Morgan fingerprint density at radius 2 is 1.94 bits per heavy atom. The standard InChI is InChI=1S/C24H24N2O5/c1-16-6-5-7-17(12-16)10-11-23(28)31-15-22(27)26-21(24(29)30-2)13-18-14-25-20-9-4-3-8-19(18)20/h3-12,14,21,25H,13,15H2,1-2H3,(H,26,27)/b11-10+/t21-/m0/s1. The Balaban J connectivity index is 1.56. The summed E-state index contributed by atoms with van der Waals surface area (Å²) in [5, 5.41) is 3.54. The van der Waals surface area contributed by atoms with Crippen molar-refractivity contribution in [3.63, 3.8) is 0 Å². The lowest BCUT2D eigenvalue weighted by atomic mass is 10.0. The highest BCUT2D eigenvalue weighted by molar-refractivity contribution is 5.91. The number of fused-ring (bicyclic) bond motifs is 1. The highest BCUT2D eigenvalue weighted by Crippen LogP contribution is 2.19. The van der Waals surface area contributed by atoms with Crippen LogP contribution in [0.15, 0.2) is 60.8 Å². The summed E-state index contributed by atoms with van der Waals surface area (Å²) >= 11 is 0. The summed E-state index contributed by atoms with van der Waals surface area (Å²) in [6.45, 7) is 1.45. The number of aryl methyl sites for hydroxylation is 1. The number of aromatic nitrogens is 1. The number of H-pyrrole nitrogens is 1. The molecule has 1 heterocycles. The second kappa shape index (κ2) is 10.2. The zero-order valence-electron chi connectivity index (χ0n) is 17.4. The molecule has 160 valence electrons. The first kappa shape index (κ1) is 21.8. The number of methoxy groups -OCH3 is 1. The van der Waals surface area contributed by atoms with Gasteiger partial charge in [-0.1, -0.05) is 48.0 Å². The highest BCUT2D eigenvalue weighted by Gasteiger charge is 2.23. The molecular formula is C24H24N2O5. The van der Waals surface area contributed by atoms with E-state index in [1.54, 1.807) is 12.3 Å². The van der Waals surface area contributed by atoms with Crippen molar-refractivity contribution in [3.05, 3.63) is 77.5 Å². The van der Waals surface area contributed by atoms with E-state index in [4.69, 9.17) is 9.47 Å². The first-order chi connectivity index (χ1) is 15.0. The predicted molar refractivity (Wildman–Crippen MR) is 117 cm³/mol. The van der Waals surface area contributed by atoms with Gasteiger partial charge in [0.25, 0.3) is 5.91 Å². The number of hydrogen-bond donors (Lipinski definition) is 2. The number of nitrogens with one attached hydrogen (secondary N) is 2. The molecule has 2 N–H and O–H groups in total. The minimum Gasteiger partial charge on any atom is -0.467 e. The number of esters is 2. The van der Waals surface area contributed by atoms with E-state index in [0.29, 0.717) is 0 Å². The molecule has 7 heteroatoms. The van der Waals surface area contributed by atoms with Gasteiger partial charge >= 0.3 is 11.9 Å². The molecule has 0 fully saturated rings. The molecule has 2 aromatic carbocycles. The smallest absolute Gasteiger partial charge is 0.331 e. The van der Waals surface area contributed by atoms with E-state index in [0.717, 1.165) is 27.6 Å². The molecule has 1 aromatic heterocycles. The van der Waals surface area contributed by atoms with Gasteiger partial charge in [-0.3, -0.25) is 4.79 Å². The van der Waals surface area contributed by atoms with Crippen molar-refractivity contribution in [2.24, 2.45) is 0 Å². The van der Waals surface area contributed by atoms with Crippen molar-refractivity contribution in [2.75, 3.05) is 13.7 Å². The molecule has 0 saturated heterocycles. The Hall–Kier alpha value is -3.87. The Morgan fingerprint density at radius 1 is 1.13 bits per heavy atom. The number of carbonyl (C=O) groups excluding carboxylic acids is 3. The van der Waals surface area contributed by atoms with E-state index in [1.807, 2.05) is 55.5 Å². The third-order valence-corrected chi connectivity index (χ3v) is 4.72. The zero-order valence-corrected chi connectivity index (χ0v) is 17.4. The lowest BCUT2D eigenvalue weighted by molar-refractivity contribution is -0.147. The molecule has 0 unspecified atom stereocenters. The average molecular weight is 420 g/mol. The molecule has 0 radical (unpaired) electrons. The van der Waals surface area contributed by atoms with Crippen LogP contribution in [0.3, 0.4) is 0 Å². The summed E-state index contributed by atoms with van der Waals surface area (Å²) < 4.78 is 9.79. The Kier molecular flexibility index (Phi) is 7.22. The number of carbonyl (C=O) groups is 3. The van der Waals surface area contributed by atoms with Crippen molar-refractivity contribution in [1.29, 1.82) is 0 Å². The third-order valence-electron chi connectivity index (χ3n) is 4.72. The maximum atomic E-state index is 12.3. The monoisotopic (exact) mass is 420 g/mol. The lowest BCUT2D eigenvalue weighted by Crippen LogP contribution is -2.44. The maximum Gasteiger partial charge on any atom is 0.331 e. The Morgan fingerprint density at radius 3 is 2.71 bits per heavy atom. The summed E-state index contributed by atoms with van der Waals surface area (Å²) in [7, 11) is 1.26. The summed E-state index contributed by atoms with van der Waals surface area (Å²) in [6.07, 6.45) is 4.90. The molecule has 31 heavy (non-hydrogen) atoms. The molecule has 0 aliphatic heterocycles. The lowest BCUT2D eigenvalue weighted by Gasteiger charge is -2.16. The third kappa shape index (κ3) is 6.05. The van der Waals surface area contributed by atoms with Crippen molar-refractivity contribution in [2.45, 2.75) is 19.4 Å². The fourth-order valence-corrected chi connectivity index (χ4v) is 3.21. The van der Waals surface area contributed by atoms with Crippen LogP contribution in [0.25, 0.3) is 17.0 Å². The number of hydrogen-bond acceptors (Lipinski definition) is 5. The first-order valence-electron chi connectivity index (χ1n) is 9.80. The molecule has 3 rings (SSSR count). The van der Waals surface area contributed by atoms with Gasteiger partial charge < -0.3 is 19.8 Å².